The van der Waals surface area contributed by atoms with E-state index in [4.69, 9.17) is 29.1 Å². The Hall–Kier alpha value is -1.05. The lowest BCUT2D eigenvalue weighted by atomic mass is 9.97. The summed E-state index contributed by atoms with van der Waals surface area (Å²) < 4.78 is 0.661. The number of pyridine rings is 1. The summed E-state index contributed by atoms with van der Waals surface area (Å²) in [5.41, 5.74) is 0. The molecule has 1 aromatic heterocycles. The van der Waals surface area contributed by atoms with Gasteiger partial charge in [-0.25, -0.2) is 0 Å². The summed E-state index contributed by atoms with van der Waals surface area (Å²) in [6.07, 6.45) is 2.41. The fourth-order valence-corrected chi connectivity index (χ4v) is 2.09. The van der Waals surface area contributed by atoms with Gasteiger partial charge in [0.15, 0.2) is 0 Å². The van der Waals surface area contributed by atoms with Crippen LogP contribution in [0.2, 0.25) is 5.02 Å². The zero-order valence-corrected chi connectivity index (χ0v) is 9.61. The van der Waals surface area contributed by atoms with E-state index in [1.807, 2.05) is 0 Å². The van der Waals surface area contributed by atoms with Gasteiger partial charge in [-0.05, 0) is 6.07 Å². The molecule has 0 spiro atoms. The minimum Gasteiger partial charge on any atom is -0.356 e. The van der Waals surface area contributed by atoms with Crippen molar-refractivity contribution in [3.05, 3.63) is 21.8 Å². The summed E-state index contributed by atoms with van der Waals surface area (Å²) in [6, 6.07) is 3.95. The summed E-state index contributed by atoms with van der Waals surface area (Å²) in [5.74, 6) is 1.34. The minimum absolute atomic E-state index is 0.466. The van der Waals surface area contributed by atoms with Crippen LogP contribution in [0.15, 0.2) is 12.3 Å². The van der Waals surface area contributed by atoms with Crippen molar-refractivity contribution >= 4 is 29.6 Å². The maximum Gasteiger partial charge on any atom is 0.126 e. The number of hydrogen-bond donors (Lipinski definition) is 1. The predicted octanol–water partition coefficient (Wildman–Crippen LogP) is 2.75. The van der Waals surface area contributed by atoms with Crippen molar-refractivity contribution in [3.63, 3.8) is 0 Å². The van der Waals surface area contributed by atoms with Gasteiger partial charge in [0.05, 0.1) is 15.6 Å². The SMILES string of the molecule is N#CCC1CN(c2[nH]ccc(=S)c2Cl)C1. The minimum atomic E-state index is 0.466. The van der Waals surface area contributed by atoms with Crippen LogP contribution in [0.4, 0.5) is 5.82 Å². The monoisotopic (exact) mass is 239 g/mol. The third kappa shape index (κ3) is 1.99. The normalized spacial score (nSPS) is 15.9. The second-order valence-electron chi connectivity index (χ2n) is 3.64. The first-order valence-electron chi connectivity index (χ1n) is 4.71. The zero-order valence-electron chi connectivity index (χ0n) is 8.03. The number of aromatic nitrogens is 1. The molecule has 1 aliphatic rings. The third-order valence-corrected chi connectivity index (χ3v) is 3.37. The highest BCUT2D eigenvalue weighted by Crippen LogP contribution is 2.30. The third-order valence-electron chi connectivity index (χ3n) is 2.53. The van der Waals surface area contributed by atoms with Crippen LogP contribution in [0.5, 0.6) is 0 Å². The van der Waals surface area contributed by atoms with Crippen LogP contribution >= 0.6 is 23.8 Å². The standard InChI is InChI=1S/C10H10ClN3S/c11-9-8(15)2-4-13-10(9)14-5-7(6-14)1-3-12/h2,4,7H,1,5-6H2,(H,13,15). The molecule has 0 saturated carbocycles. The number of hydrogen-bond acceptors (Lipinski definition) is 3. The zero-order chi connectivity index (χ0) is 10.8. The van der Waals surface area contributed by atoms with E-state index in [-0.39, 0.29) is 0 Å². The smallest absolute Gasteiger partial charge is 0.126 e. The first-order chi connectivity index (χ1) is 7.22. The van der Waals surface area contributed by atoms with Gasteiger partial charge in [0.25, 0.3) is 0 Å². The van der Waals surface area contributed by atoms with Gasteiger partial charge in [-0.1, -0.05) is 23.8 Å². The van der Waals surface area contributed by atoms with Gasteiger partial charge >= 0.3 is 0 Å². The second-order valence-corrected chi connectivity index (χ2v) is 4.46. The van der Waals surface area contributed by atoms with Gasteiger partial charge in [-0.3, -0.25) is 0 Å². The van der Waals surface area contributed by atoms with Gasteiger partial charge in [0.2, 0.25) is 0 Å². The number of nitriles is 1. The molecule has 1 N–H and O–H groups in total. The van der Waals surface area contributed by atoms with Crippen LogP contribution < -0.4 is 4.90 Å². The molecule has 3 nitrogen and oxygen atoms in total. The number of halogens is 1. The van der Waals surface area contributed by atoms with Crippen LogP contribution in [0.3, 0.4) is 0 Å². The van der Waals surface area contributed by atoms with Crippen LogP contribution in [0.25, 0.3) is 0 Å². The fourth-order valence-electron chi connectivity index (χ4n) is 1.69. The molecule has 0 unspecified atom stereocenters. The van der Waals surface area contributed by atoms with Gasteiger partial charge < -0.3 is 9.88 Å². The molecule has 5 heteroatoms. The van der Waals surface area contributed by atoms with Crippen molar-refractivity contribution in [2.24, 2.45) is 5.92 Å². The van der Waals surface area contributed by atoms with Crippen LogP contribution in [0, 0.1) is 21.8 Å². The Morgan fingerprint density at radius 3 is 3.07 bits per heavy atom. The molecule has 0 radical (unpaired) electrons. The van der Waals surface area contributed by atoms with Gasteiger partial charge in [0, 0.05) is 31.6 Å². The van der Waals surface area contributed by atoms with E-state index in [1.165, 1.54) is 0 Å². The quantitative estimate of drug-likeness (QED) is 0.807. The number of nitrogens with zero attached hydrogens (tertiary/aromatic N) is 2. The first-order valence-corrected chi connectivity index (χ1v) is 5.50. The van der Waals surface area contributed by atoms with E-state index < -0.39 is 0 Å². The molecule has 1 aromatic rings. The molecule has 0 aromatic carbocycles. The topological polar surface area (TPSA) is 42.8 Å². The van der Waals surface area contributed by atoms with Crippen molar-refractivity contribution in [2.45, 2.75) is 6.42 Å². The average molecular weight is 240 g/mol. The van der Waals surface area contributed by atoms with Gasteiger partial charge in [-0.15, -0.1) is 0 Å². The molecule has 2 rings (SSSR count). The van der Waals surface area contributed by atoms with Crippen molar-refractivity contribution < 1.29 is 0 Å². The highest BCUT2D eigenvalue weighted by atomic mass is 35.5. The molecule has 0 bridgehead atoms. The van der Waals surface area contributed by atoms with Gasteiger partial charge in [-0.2, -0.15) is 5.26 Å². The van der Waals surface area contributed by atoms with E-state index in [9.17, 15) is 0 Å². The molecule has 1 saturated heterocycles. The molecular formula is C10H10ClN3S. The Morgan fingerprint density at radius 2 is 2.40 bits per heavy atom. The van der Waals surface area contributed by atoms with Crippen molar-refractivity contribution in [2.75, 3.05) is 18.0 Å². The van der Waals surface area contributed by atoms with Crippen molar-refractivity contribution in [1.82, 2.24) is 4.98 Å². The summed E-state index contributed by atoms with van der Waals surface area (Å²) in [5, 5.41) is 9.14. The van der Waals surface area contributed by atoms with E-state index >= 15 is 0 Å². The average Bonchev–Trinajstić information content (AvgIpc) is 2.16. The lowest BCUT2D eigenvalue weighted by Gasteiger charge is -2.39. The number of anilines is 1. The molecule has 78 valence electrons. The highest BCUT2D eigenvalue weighted by molar-refractivity contribution is 7.71. The molecule has 0 atom stereocenters. The van der Waals surface area contributed by atoms with Crippen LogP contribution in [-0.2, 0) is 0 Å². The molecule has 0 amide bonds. The van der Waals surface area contributed by atoms with E-state index in [1.54, 1.807) is 12.3 Å². The Kier molecular flexibility index (Phi) is 2.94. The predicted molar refractivity (Wildman–Crippen MR) is 62.6 cm³/mol. The van der Waals surface area contributed by atoms with Crippen molar-refractivity contribution in [1.29, 1.82) is 5.26 Å². The molecule has 15 heavy (non-hydrogen) atoms. The molecule has 2 heterocycles. The van der Waals surface area contributed by atoms with Gasteiger partial charge in [0.1, 0.15) is 5.82 Å². The summed E-state index contributed by atoms with van der Waals surface area (Å²) in [4.78, 5) is 5.20. The van der Waals surface area contributed by atoms with E-state index in [2.05, 4.69) is 16.0 Å². The summed E-state index contributed by atoms with van der Waals surface area (Å²) >= 11 is 11.2. The molecule has 1 aliphatic heterocycles. The van der Waals surface area contributed by atoms with E-state index in [0.717, 1.165) is 18.9 Å². The number of rotatable bonds is 2. The highest BCUT2D eigenvalue weighted by Gasteiger charge is 2.28. The molecule has 0 aliphatic carbocycles. The Labute approximate surface area is 98.3 Å². The summed E-state index contributed by atoms with van der Waals surface area (Å²) in [7, 11) is 0. The summed E-state index contributed by atoms with van der Waals surface area (Å²) in [6.45, 7) is 1.76. The number of aromatic amines is 1. The lowest BCUT2D eigenvalue weighted by Crippen LogP contribution is -2.47. The van der Waals surface area contributed by atoms with Crippen LogP contribution in [0.1, 0.15) is 6.42 Å². The maximum atomic E-state index is 8.54. The lowest BCUT2D eigenvalue weighted by molar-refractivity contribution is 0.415. The van der Waals surface area contributed by atoms with E-state index in [0.29, 0.717) is 21.9 Å². The molecule has 1 fully saturated rings. The molecular weight excluding hydrogens is 230 g/mol. The van der Waals surface area contributed by atoms with Crippen molar-refractivity contribution in [3.8, 4) is 6.07 Å². The largest absolute Gasteiger partial charge is 0.356 e. The Balaban J connectivity index is 2.11. The number of nitrogens with one attached hydrogen (secondary N) is 1. The number of H-pyrrole nitrogens is 1. The Bertz CT molecular complexity index is 456. The van der Waals surface area contributed by atoms with Crippen LogP contribution in [-0.4, -0.2) is 18.1 Å². The first kappa shape index (κ1) is 10.5. The maximum absolute atomic E-state index is 8.54. The fraction of sp³-hybridized carbons (Fsp3) is 0.400. The second kappa shape index (κ2) is 4.21. The Morgan fingerprint density at radius 1 is 1.67 bits per heavy atom.